The molecule has 0 aliphatic carbocycles. The first kappa shape index (κ1) is 10.4. The predicted molar refractivity (Wildman–Crippen MR) is 58.7 cm³/mol. The lowest BCUT2D eigenvalue weighted by molar-refractivity contribution is -0.129. The molecule has 2 rings (SSSR count). The van der Waals surface area contributed by atoms with Crippen molar-refractivity contribution in [1.82, 2.24) is 4.90 Å². The van der Waals surface area contributed by atoms with Gasteiger partial charge in [-0.1, -0.05) is 13.0 Å². The summed E-state index contributed by atoms with van der Waals surface area (Å²) in [6, 6.07) is 4.09. The highest BCUT2D eigenvalue weighted by Gasteiger charge is 2.33. The summed E-state index contributed by atoms with van der Waals surface area (Å²) in [5.41, 5.74) is 0. The van der Waals surface area contributed by atoms with Gasteiger partial charge in [0.15, 0.2) is 5.78 Å². The van der Waals surface area contributed by atoms with Crippen LogP contribution in [0.15, 0.2) is 17.5 Å². The highest BCUT2D eigenvalue weighted by atomic mass is 32.1. The summed E-state index contributed by atoms with van der Waals surface area (Å²) in [6.07, 6.45) is 0.946. The summed E-state index contributed by atoms with van der Waals surface area (Å²) in [6.45, 7) is 2.33. The molecule has 4 heteroatoms. The van der Waals surface area contributed by atoms with Crippen molar-refractivity contribution in [1.29, 1.82) is 0 Å². The molecule has 0 bridgehead atoms. The SMILES string of the molecule is CCC(c1cccs1)N1CC(=O)CC1=O. The molecule has 0 radical (unpaired) electrons. The summed E-state index contributed by atoms with van der Waals surface area (Å²) in [4.78, 5) is 25.7. The fourth-order valence-corrected chi connectivity index (χ4v) is 2.87. The van der Waals surface area contributed by atoms with Gasteiger partial charge in [0.05, 0.1) is 19.0 Å². The number of amides is 1. The molecule has 0 aromatic carbocycles. The molecule has 1 aliphatic rings. The van der Waals surface area contributed by atoms with E-state index in [0.29, 0.717) is 0 Å². The van der Waals surface area contributed by atoms with Crippen LogP contribution in [0.4, 0.5) is 0 Å². The maximum Gasteiger partial charge on any atom is 0.231 e. The molecule has 0 N–H and O–H groups in total. The van der Waals surface area contributed by atoms with Crippen LogP contribution in [0, 0.1) is 0 Å². The van der Waals surface area contributed by atoms with Gasteiger partial charge < -0.3 is 4.90 Å². The number of hydrogen-bond donors (Lipinski definition) is 0. The fraction of sp³-hybridized carbons (Fsp3) is 0.455. The second-order valence-corrected chi connectivity index (χ2v) is 4.66. The molecule has 15 heavy (non-hydrogen) atoms. The molecule has 1 saturated heterocycles. The average Bonchev–Trinajstić information content (AvgIpc) is 2.79. The second-order valence-electron chi connectivity index (χ2n) is 3.68. The van der Waals surface area contributed by atoms with E-state index in [9.17, 15) is 9.59 Å². The van der Waals surface area contributed by atoms with Crippen LogP contribution >= 0.6 is 11.3 Å². The summed E-state index contributed by atoms with van der Waals surface area (Å²) >= 11 is 1.64. The molecule has 2 heterocycles. The average molecular weight is 223 g/mol. The van der Waals surface area contributed by atoms with Crippen LogP contribution in [0.3, 0.4) is 0 Å². The maximum absolute atomic E-state index is 11.6. The molecule has 1 aliphatic heterocycles. The number of Topliss-reactive ketones (excluding diaryl/α,β-unsaturated/α-hetero) is 1. The minimum Gasteiger partial charge on any atom is -0.327 e. The van der Waals surface area contributed by atoms with E-state index in [-0.39, 0.29) is 30.7 Å². The summed E-state index contributed by atoms with van der Waals surface area (Å²) in [7, 11) is 0. The van der Waals surface area contributed by atoms with Gasteiger partial charge in [0.1, 0.15) is 0 Å². The Morgan fingerprint density at radius 2 is 2.33 bits per heavy atom. The Kier molecular flexibility index (Phi) is 2.86. The molecule has 1 aromatic heterocycles. The Morgan fingerprint density at radius 1 is 1.53 bits per heavy atom. The van der Waals surface area contributed by atoms with E-state index in [1.807, 2.05) is 24.4 Å². The van der Waals surface area contributed by atoms with Gasteiger partial charge in [-0.2, -0.15) is 0 Å². The van der Waals surface area contributed by atoms with Crippen LogP contribution in [0.25, 0.3) is 0 Å². The Morgan fingerprint density at radius 3 is 2.80 bits per heavy atom. The zero-order chi connectivity index (χ0) is 10.8. The van der Waals surface area contributed by atoms with Crippen molar-refractivity contribution in [2.75, 3.05) is 6.54 Å². The van der Waals surface area contributed by atoms with Gasteiger partial charge in [-0.05, 0) is 17.9 Å². The number of thiophene rings is 1. The number of carbonyl (C=O) groups is 2. The van der Waals surface area contributed by atoms with Crippen LogP contribution in [0.1, 0.15) is 30.7 Å². The standard InChI is InChI=1S/C11H13NO2S/c1-2-9(10-4-3-5-15-10)12-7-8(13)6-11(12)14/h3-5,9H,2,6-7H2,1H3. The second kappa shape index (κ2) is 4.14. The molecular formula is C11H13NO2S. The monoisotopic (exact) mass is 223 g/mol. The van der Waals surface area contributed by atoms with Crippen LogP contribution < -0.4 is 0 Å². The Labute approximate surface area is 92.7 Å². The van der Waals surface area contributed by atoms with Gasteiger partial charge in [-0.3, -0.25) is 9.59 Å². The van der Waals surface area contributed by atoms with E-state index < -0.39 is 0 Å². The highest BCUT2D eigenvalue weighted by Crippen LogP contribution is 2.30. The molecular weight excluding hydrogens is 210 g/mol. The molecule has 1 amide bonds. The molecule has 0 saturated carbocycles. The quantitative estimate of drug-likeness (QED) is 0.735. The summed E-state index contributed by atoms with van der Waals surface area (Å²) in [5.74, 6) is 0.00950. The zero-order valence-corrected chi connectivity index (χ0v) is 9.42. The number of rotatable bonds is 3. The Hall–Kier alpha value is -1.16. The third-order valence-corrected chi connectivity index (χ3v) is 3.62. The molecule has 1 unspecified atom stereocenters. The van der Waals surface area contributed by atoms with Crippen molar-refractivity contribution in [3.05, 3.63) is 22.4 Å². The first-order valence-electron chi connectivity index (χ1n) is 5.07. The van der Waals surface area contributed by atoms with E-state index in [2.05, 4.69) is 0 Å². The lowest BCUT2D eigenvalue weighted by Gasteiger charge is -2.24. The number of ketones is 1. The molecule has 3 nitrogen and oxygen atoms in total. The molecule has 1 fully saturated rings. The van der Waals surface area contributed by atoms with Gasteiger partial charge >= 0.3 is 0 Å². The minimum absolute atomic E-state index is 0.0275. The number of nitrogens with zero attached hydrogens (tertiary/aromatic N) is 1. The topological polar surface area (TPSA) is 37.4 Å². The van der Waals surface area contributed by atoms with E-state index >= 15 is 0 Å². The van der Waals surface area contributed by atoms with Gasteiger partial charge in [0.25, 0.3) is 0 Å². The van der Waals surface area contributed by atoms with Crippen molar-refractivity contribution >= 4 is 23.0 Å². The highest BCUT2D eigenvalue weighted by molar-refractivity contribution is 7.10. The number of hydrogen-bond acceptors (Lipinski definition) is 3. The van der Waals surface area contributed by atoms with Crippen molar-refractivity contribution in [3.63, 3.8) is 0 Å². The van der Waals surface area contributed by atoms with Crippen LogP contribution in [-0.4, -0.2) is 23.1 Å². The normalized spacial score (nSPS) is 18.6. The van der Waals surface area contributed by atoms with E-state index in [0.717, 1.165) is 6.42 Å². The maximum atomic E-state index is 11.6. The first-order chi connectivity index (χ1) is 7.22. The minimum atomic E-state index is -0.0275. The summed E-state index contributed by atoms with van der Waals surface area (Å²) < 4.78 is 0. The van der Waals surface area contributed by atoms with Crippen LogP contribution in [0.2, 0.25) is 0 Å². The molecule has 1 atom stereocenters. The summed E-state index contributed by atoms with van der Waals surface area (Å²) in [5, 5.41) is 2.00. The lowest BCUT2D eigenvalue weighted by atomic mass is 10.1. The smallest absolute Gasteiger partial charge is 0.231 e. The fourth-order valence-electron chi connectivity index (χ4n) is 1.94. The Bertz CT molecular complexity index is 372. The van der Waals surface area contributed by atoms with Gasteiger partial charge in [-0.25, -0.2) is 0 Å². The first-order valence-corrected chi connectivity index (χ1v) is 5.95. The van der Waals surface area contributed by atoms with Crippen LogP contribution in [0.5, 0.6) is 0 Å². The van der Waals surface area contributed by atoms with Gasteiger partial charge in [0.2, 0.25) is 5.91 Å². The molecule has 80 valence electrons. The number of likely N-dealkylation sites (tertiary alicyclic amines) is 1. The van der Waals surface area contributed by atoms with Gasteiger partial charge in [0, 0.05) is 4.88 Å². The van der Waals surface area contributed by atoms with Gasteiger partial charge in [-0.15, -0.1) is 11.3 Å². The largest absolute Gasteiger partial charge is 0.327 e. The predicted octanol–water partition coefficient (Wildman–Crippen LogP) is 2.00. The Balaban J connectivity index is 2.21. The van der Waals surface area contributed by atoms with Crippen molar-refractivity contribution in [3.8, 4) is 0 Å². The van der Waals surface area contributed by atoms with Crippen LogP contribution in [-0.2, 0) is 9.59 Å². The van der Waals surface area contributed by atoms with Crippen molar-refractivity contribution < 1.29 is 9.59 Å². The molecule has 0 spiro atoms. The van der Waals surface area contributed by atoms with E-state index in [1.54, 1.807) is 16.2 Å². The lowest BCUT2D eigenvalue weighted by Crippen LogP contribution is -2.29. The third-order valence-electron chi connectivity index (χ3n) is 2.65. The van der Waals surface area contributed by atoms with Crippen molar-refractivity contribution in [2.45, 2.75) is 25.8 Å². The molecule has 1 aromatic rings. The zero-order valence-electron chi connectivity index (χ0n) is 8.60. The van der Waals surface area contributed by atoms with Crippen molar-refractivity contribution in [2.24, 2.45) is 0 Å². The van der Waals surface area contributed by atoms with E-state index in [1.165, 1.54) is 4.88 Å². The third kappa shape index (κ3) is 1.95. The van der Waals surface area contributed by atoms with E-state index in [4.69, 9.17) is 0 Å². The number of carbonyl (C=O) groups excluding carboxylic acids is 2.